The van der Waals surface area contributed by atoms with Gasteiger partial charge in [-0.15, -0.1) is 0 Å². The Balaban J connectivity index is 1.75. The predicted octanol–water partition coefficient (Wildman–Crippen LogP) is 2.60. The molecule has 1 aromatic carbocycles. The van der Waals surface area contributed by atoms with Crippen LogP contribution in [0, 0.1) is 0 Å². The number of hydrogen-bond acceptors (Lipinski definition) is 4. The van der Waals surface area contributed by atoms with Gasteiger partial charge in [0.05, 0.1) is 18.5 Å². The van der Waals surface area contributed by atoms with Crippen LogP contribution in [0.3, 0.4) is 0 Å². The molecule has 0 spiro atoms. The van der Waals surface area contributed by atoms with Crippen molar-refractivity contribution in [2.75, 3.05) is 18.5 Å². The molecular weight excluding hydrogens is 270 g/mol. The van der Waals surface area contributed by atoms with Crippen molar-refractivity contribution in [3.63, 3.8) is 0 Å². The first-order valence-corrected chi connectivity index (χ1v) is 6.84. The summed E-state index contributed by atoms with van der Waals surface area (Å²) in [7, 11) is 0. The van der Waals surface area contributed by atoms with Crippen molar-refractivity contribution in [1.29, 1.82) is 0 Å². The minimum atomic E-state index is 0.371. The number of ether oxygens (including phenoxy) is 1. The van der Waals surface area contributed by atoms with E-state index < -0.39 is 0 Å². The molecule has 0 amide bonds. The molecule has 0 saturated carbocycles. The molecule has 0 atom stereocenters. The fourth-order valence-electron chi connectivity index (χ4n) is 1.75. The normalized spacial score (nSPS) is 10.0. The van der Waals surface area contributed by atoms with Crippen LogP contribution in [0.25, 0.3) is 0 Å². The Morgan fingerprint density at radius 1 is 1.25 bits per heavy atom. The van der Waals surface area contributed by atoms with Crippen molar-refractivity contribution in [3.05, 3.63) is 54.4 Å². The summed E-state index contributed by atoms with van der Waals surface area (Å²) in [4.78, 5) is 4.44. The molecule has 0 aliphatic rings. The van der Waals surface area contributed by atoms with E-state index >= 15 is 0 Å². The van der Waals surface area contributed by atoms with Gasteiger partial charge in [0.2, 0.25) is 0 Å². The van der Waals surface area contributed by atoms with Gasteiger partial charge in [-0.2, -0.15) is 0 Å². The fraction of sp³-hybridized carbons (Fsp3) is 0.200. The van der Waals surface area contributed by atoms with Crippen molar-refractivity contribution in [3.8, 4) is 5.75 Å². The van der Waals surface area contributed by atoms with Gasteiger partial charge in [-0.05, 0) is 24.6 Å². The van der Waals surface area contributed by atoms with Crippen molar-refractivity contribution in [1.82, 2.24) is 4.98 Å². The summed E-state index contributed by atoms with van der Waals surface area (Å²) in [5.41, 5.74) is 7.34. The van der Waals surface area contributed by atoms with Gasteiger partial charge in [0.25, 0.3) is 0 Å². The molecule has 0 saturated heterocycles. The molecule has 1 aromatic heterocycles. The number of hydrogen-bond donors (Lipinski definition) is 2. The third-order valence-corrected chi connectivity index (χ3v) is 2.95. The van der Waals surface area contributed by atoms with Crippen molar-refractivity contribution >= 4 is 22.9 Å². The third kappa shape index (κ3) is 4.20. The van der Waals surface area contributed by atoms with Crippen LogP contribution < -0.4 is 15.8 Å². The van der Waals surface area contributed by atoms with Gasteiger partial charge in [-0.3, -0.25) is 4.98 Å². The summed E-state index contributed by atoms with van der Waals surface area (Å²) >= 11 is 5.00. The van der Waals surface area contributed by atoms with Gasteiger partial charge in [0.15, 0.2) is 0 Å². The second-order valence-electron chi connectivity index (χ2n) is 4.23. The molecule has 104 valence electrons. The molecule has 2 aromatic rings. The first kappa shape index (κ1) is 14.3. The monoisotopic (exact) mass is 287 g/mol. The van der Waals surface area contributed by atoms with Crippen molar-refractivity contribution < 1.29 is 4.74 Å². The van der Waals surface area contributed by atoms with Crippen LogP contribution in [0.5, 0.6) is 5.75 Å². The van der Waals surface area contributed by atoms with Crippen LogP contribution >= 0.6 is 12.2 Å². The lowest BCUT2D eigenvalue weighted by Gasteiger charge is -2.11. The standard InChI is InChI=1S/C15H17N3OS/c16-15(20)13-7-9-17-11-14(13)18-8-4-10-19-12-5-2-1-3-6-12/h1-3,5-7,9,11,18H,4,8,10H2,(H2,16,20). The average molecular weight is 287 g/mol. The molecular formula is C15H17N3OS. The molecule has 0 fully saturated rings. The summed E-state index contributed by atoms with van der Waals surface area (Å²) in [6.07, 6.45) is 4.28. The Morgan fingerprint density at radius 3 is 2.80 bits per heavy atom. The van der Waals surface area contributed by atoms with E-state index in [9.17, 15) is 0 Å². The Hall–Kier alpha value is -2.14. The van der Waals surface area contributed by atoms with Gasteiger partial charge < -0.3 is 15.8 Å². The maximum absolute atomic E-state index is 5.66. The minimum Gasteiger partial charge on any atom is -0.494 e. The highest BCUT2D eigenvalue weighted by Gasteiger charge is 2.03. The molecule has 2 rings (SSSR count). The lowest BCUT2D eigenvalue weighted by Crippen LogP contribution is -2.15. The molecule has 0 bridgehead atoms. The van der Waals surface area contributed by atoms with E-state index in [1.54, 1.807) is 12.4 Å². The van der Waals surface area contributed by atoms with Crippen LogP contribution in [-0.2, 0) is 0 Å². The maximum atomic E-state index is 5.66. The summed E-state index contributed by atoms with van der Waals surface area (Å²) in [6.45, 7) is 1.42. The first-order chi connectivity index (χ1) is 9.77. The minimum absolute atomic E-state index is 0.371. The topological polar surface area (TPSA) is 60.2 Å². The van der Waals surface area contributed by atoms with Gasteiger partial charge in [0.1, 0.15) is 10.7 Å². The zero-order valence-electron chi connectivity index (χ0n) is 11.1. The quantitative estimate of drug-likeness (QED) is 0.605. The number of nitrogens with zero attached hydrogens (tertiary/aromatic N) is 1. The summed E-state index contributed by atoms with van der Waals surface area (Å²) in [5, 5.41) is 3.27. The van der Waals surface area contributed by atoms with Gasteiger partial charge in [-0.1, -0.05) is 30.4 Å². The Kier molecular flexibility index (Phi) is 5.32. The lowest BCUT2D eigenvalue weighted by molar-refractivity contribution is 0.315. The molecule has 5 heteroatoms. The molecule has 4 nitrogen and oxygen atoms in total. The Bertz CT molecular complexity index is 560. The summed E-state index contributed by atoms with van der Waals surface area (Å²) in [5.74, 6) is 0.887. The predicted molar refractivity (Wildman–Crippen MR) is 85.2 cm³/mol. The molecule has 20 heavy (non-hydrogen) atoms. The van der Waals surface area contributed by atoms with E-state index in [1.807, 2.05) is 36.4 Å². The van der Waals surface area contributed by atoms with E-state index in [-0.39, 0.29) is 0 Å². The van der Waals surface area contributed by atoms with Gasteiger partial charge in [-0.25, -0.2) is 0 Å². The number of anilines is 1. The number of thiocarbonyl (C=S) groups is 1. The molecule has 1 heterocycles. The highest BCUT2D eigenvalue weighted by atomic mass is 32.1. The molecule has 0 aliphatic heterocycles. The largest absolute Gasteiger partial charge is 0.494 e. The van der Waals surface area contributed by atoms with Crippen LogP contribution in [-0.4, -0.2) is 23.1 Å². The second-order valence-corrected chi connectivity index (χ2v) is 4.67. The number of aromatic nitrogens is 1. The number of benzene rings is 1. The number of rotatable bonds is 7. The molecule has 0 aliphatic carbocycles. The zero-order chi connectivity index (χ0) is 14.2. The van der Waals surface area contributed by atoms with E-state index in [2.05, 4.69) is 10.3 Å². The van der Waals surface area contributed by atoms with E-state index in [4.69, 9.17) is 22.7 Å². The molecule has 0 unspecified atom stereocenters. The van der Waals surface area contributed by atoms with Crippen LogP contribution in [0.4, 0.5) is 5.69 Å². The van der Waals surface area contributed by atoms with E-state index in [0.717, 1.165) is 30.0 Å². The van der Waals surface area contributed by atoms with E-state index in [0.29, 0.717) is 11.6 Å². The molecule has 0 radical (unpaired) electrons. The van der Waals surface area contributed by atoms with Gasteiger partial charge >= 0.3 is 0 Å². The zero-order valence-corrected chi connectivity index (χ0v) is 11.9. The van der Waals surface area contributed by atoms with Crippen molar-refractivity contribution in [2.45, 2.75) is 6.42 Å². The fourth-order valence-corrected chi connectivity index (χ4v) is 1.93. The maximum Gasteiger partial charge on any atom is 0.119 e. The summed E-state index contributed by atoms with van der Waals surface area (Å²) in [6, 6.07) is 11.6. The number of para-hydroxylation sites is 1. The second kappa shape index (κ2) is 7.45. The van der Waals surface area contributed by atoms with Crippen LogP contribution in [0.2, 0.25) is 0 Å². The molecule has 3 N–H and O–H groups in total. The highest BCUT2D eigenvalue weighted by molar-refractivity contribution is 7.80. The van der Waals surface area contributed by atoms with Crippen molar-refractivity contribution in [2.24, 2.45) is 5.73 Å². The highest BCUT2D eigenvalue weighted by Crippen LogP contribution is 2.13. The summed E-state index contributed by atoms with van der Waals surface area (Å²) < 4.78 is 5.62. The number of pyridine rings is 1. The van der Waals surface area contributed by atoms with E-state index in [1.165, 1.54) is 0 Å². The Labute approximate surface area is 124 Å². The first-order valence-electron chi connectivity index (χ1n) is 6.43. The van der Waals surface area contributed by atoms with Crippen LogP contribution in [0.15, 0.2) is 48.8 Å². The lowest BCUT2D eigenvalue weighted by atomic mass is 10.2. The van der Waals surface area contributed by atoms with Gasteiger partial charge in [0, 0.05) is 18.3 Å². The number of nitrogens with two attached hydrogens (primary N) is 1. The Morgan fingerprint density at radius 2 is 2.05 bits per heavy atom. The smallest absolute Gasteiger partial charge is 0.119 e. The van der Waals surface area contributed by atoms with Crippen LogP contribution in [0.1, 0.15) is 12.0 Å². The SMILES string of the molecule is NC(=S)c1ccncc1NCCCOc1ccccc1. The number of nitrogens with one attached hydrogen (secondary N) is 1. The third-order valence-electron chi connectivity index (χ3n) is 2.74. The average Bonchev–Trinajstić information content (AvgIpc) is 2.48.